The van der Waals surface area contributed by atoms with Gasteiger partial charge >= 0.3 is 25.7 Å². The van der Waals surface area contributed by atoms with E-state index in [0.29, 0.717) is 19.3 Å². The van der Waals surface area contributed by atoms with Crippen LogP contribution in [-0.4, -0.2) is 66.5 Å². The minimum absolute atomic E-state index is 0.0959. The van der Waals surface area contributed by atoms with Gasteiger partial charge in [0, 0.05) is 19.3 Å². The summed E-state index contributed by atoms with van der Waals surface area (Å²) in [5, 5.41) is 9.73. The minimum Gasteiger partial charge on any atom is -0.462 e. The van der Waals surface area contributed by atoms with Crippen LogP contribution in [0.3, 0.4) is 0 Å². The minimum atomic E-state index is -4.76. The number of ether oxygens (including phenoxy) is 3. The molecule has 0 bridgehead atoms. The van der Waals surface area contributed by atoms with Crippen molar-refractivity contribution in [3.63, 3.8) is 0 Å². The van der Waals surface area contributed by atoms with Gasteiger partial charge in [0.2, 0.25) is 0 Å². The number of rotatable bonds is 45. The first kappa shape index (κ1) is 62.4. The van der Waals surface area contributed by atoms with Crippen LogP contribution in [0.15, 0.2) is 97.2 Å². The van der Waals surface area contributed by atoms with Crippen LogP contribution >= 0.6 is 7.82 Å². The zero-order chi connectivity index (χ0) is 48.4. The van der Waals surface area contributed by atoms with Gasteiger partial charge in [-0.2, -0.15) is 0 Å². The monoisotopic (exact) mass is 945 g/mol. The van der Waals surface area contributed by atoms with Crippen LogP contribution in [0.5, 0.6) is 0 Å². The van der Waals surface area contributed by atoms with Gasteiger partial charge in [-0.3, -0.25) is 23.4 Å². The lowest BCUT2D eigenvalue weighted by Gasteiger charge is -2.21. The van der Waals surface area contributed by atoms with Crippen molar-refractivity contribution >= 4 is 25.7 Å². The molecule has 0 saturated heterocycles. The van der Waals surface area contributed by atoms with E-state index in [-0.39, 0.29) is 25.9 Å². The average Bonchev–Trinajstić information content (AvgIpc) is 3.30. The van der Waals surface area contributed by atoms with Crippen molar-refractivity contribution in [3.8, 4) is 0 Å². The Morgan fingerprint density at radius 1 is 0.439 bits per heavy atom. The average molecular weight is 945 g/mol. The van der Waals surface area contributed by atoms with Crippen molar-refractivity contribution in [2.45, 2.75) is 200 Å². The molecule has 0 fully saturated rings. The second kappa shape index (κ2) is 47.9. The fourth-order valence-corrected chi connectivity index (χ4v) is 7.03. The van der Waals surface area contributed by atoms with E-state index in [2.05, 4.69) is 106 Å². The normalized spacial score (nSPS) is 14.3. The lowest BCUT2D eigenvalue weighted by Crippen LogP contribution is -2.30. The molecule has 0 heterocycles. The van der Waals surface area contributed by atoms with Gasteiger partial charge in [-0.05, 0) is 83.5 Å². The van der Waals surface area contributed by atoms with Crippen molar-refractivity contribution in [1.82, 2.24) is 0 Å². The maximum atomic E-state index is 12.8. The van der Waals surface area contributed by atoms with Gasteiger partial charge < -0.3 is 24.2 Å². The molecule has 0 aliphatic carbocycles. The number of aliphatic hydroxyl groups is 1. The third-order valence-corrected chi connectivity index (χ3v) is 11.0. The highest BCUT2D eigenvalue weighted by molar-refractivity contribution is 7.47. The molecule has 0 aromatic rings. The number of hydrogen-bond donors (Lipinski definition) is 2. The number of carbonyl (C=O) groups is 3. The number of phosphoric ester groups is 1. The summed E-state index contributed by atoms with van der Waals surface area (Å²) in [6, 6.07) is 0. The summed E-state index contributed by atoms with van der Waals surface area (Å²) in [7, 11) is -4.76. The summed E-state index contributed by atoms with van der Waals surface area (Å²) in [6.07, 6.45) is 54.1. The van der Waals surface area contributed by atoms with Crippen LogP contribution in [-0.2, 0) is 42.2 Å². The number of esters is 3. The van der Waals surface area contributed by atoms with E-state index in [4.69, 9.17) is 23.3 Å². The first-order valence-corrected chi connectivity index (χ1v) is 26.6. The molecule has 0 amide bonds. The predicted molar refractivity (Wildman–Crippen MR) is 270 cm³/mol. The highest BCUT2D eigenvalue weighted by Gasteiger charge is 2.28. The molecule has 0 aromatic carbocycles. The Labute approximate surface area is 400 Å². The van der Waals surface area contributed by atoms with E-state index in [9.17, 15) is 28.9 Å². The Hall–Kier alpha value is -3.60. The molecule has 0 radical (unpaired) electrons. The third kappa shape index (κ3) is 45.6. The number of allylic oxidation sites excluding steroid dienone is 16. The van der Waals surface area contributed by atoms with Crippen molar-refractivity contribution in [1.29, 1.82) is 0 Å². The maximum absolute atomic E-state index is 12.8. The molecular formula is C54H89O11P. The lowest BCUT2D eigenvalue weighted by atomic mass is 10.1. The molecule has 0 saturated carbocycles. The van der Waals surface area contributed by atoms with E-state index in [1.807, 2.05) is 12.2 Å². The number of hydrogen-bond acceptors (Lipinski definition) is 10. The molecule has 11 nitrogen and oxygen atoms in total. The van der Waals surface area contributed by atoms with Gasteiger partial charge in [0.25, 0.3) is 0 Å². The molecule has 0 aliphatic rings. The van der Waals surface area contributed by atoms with E-state index in [1.54, 1.807) is 0 Å². The summed E-state index contributed by atoms with van der Waals surface area (Å²) in [6.45, 7) is 4.24. The van der Waals surface area contributed by atoms with Crippen LogP contribution in [0, 0.1) is 0 Å². The van der Waals surface area contributed by atoms with Crippen LogP contribution in [0.25, 0.3) is 0 Å². The Morgan fingerprint density at radius 3 is 1.27 bits per heavy atom. The van der Waals surface area contributed by atoms with Gasteiger partial charge in [-0.1, -0.05) is 182 Å². The van der Waals surface area contributed by atoms with Crippen molar-refractivity contribution in [2.24, 2.45) is 0 Å². The smallest absolute Gasteiger partial charge is 0.462 e. The number of aliphatic hydroxyl groups excluding tert-OH is 1. The highest BCUT2D eigenvalue weighted by Crippen LogP contribution is 2.43. The molecule has 3 unspecified atom stereocenters. The summed E-state index contributed by atoms with van der Waals surface area (Å²) in [5.74, 6) is -1.60. The van der Waals surface area contributed by atoms with Gasteiger partial charge in [0.1, 0.15) is 12.7 Å². The first-order chi connectivity index (χ1) is 32.2. The largest absolute Gasteiger partial charge is 0.472 e. The van der Waals surface area contributed by atoms with Crippen molar-refractivity contribution in [2.75, 3.05) is 26.4 Å². The predicted octanol–water partition coefficient (Wildman–Crippen LogP) is 14.1. The van der Waals surface area contributed by atoms with Crippen molar-refractivity contribution < 1.29 is 52.2 Å². The quantitative estimate of drug-likeness (QED) is 0.0197. The topological polar surface area (TPSA) is 155 Å². The Balaban J connectivity index is 4.89. The molecule has 3 atom stereocenters. The third-order valence-electron chi connectivity index (χ3n) is 10.0. The van der Waals surface area contributed by atoms with Crippen LogP contribution < -0.4 is 0 Å². The number of phosphoric acid groups is 1. The van der Waals surface area contributed by atoms with Crippen LogP contribution in [0.1, 0.15) is 188 Å². The van der Waals surface area contributed by atoms with E-state index < -0.39 is 57.8 Å². The number of unbranched alkanes of at least 4 members (excludes halogenated alkanes) is 12. The summed E-state index contributed by atoms with van der Waals surface area (Å²) >= 11 is 0. The Morgan fingerprint density at radius 2 is 0.818 bits per heavy atom. The van der Waals surface area contributed by atoms with E-state index >= 15 is 0 Å². The molecule has 66 heavy (non-hydrogen) atoms. The first-order valence-electron chi connectivity index (χ1n) is 25.1. The van der Waals surface area contributed by atoms with E-state index in [1.165, 1.54) is 32.1 Å². The van der Waals surface area contributed by atoms with Crippen LogP contribution in [0.4, 0.5) is 0 Å². The van der Waals surface area contributed by atoms with Gasteiger partial charge in [0.05, 0.1) is 19.8 Å². The fourth-order valence-electron chi connectivity index (χ4n) is 6.24. The Kier molecular flexibility index (Phi) is 45.3. The second-order valence-corrected chi connectivity index (χ2v) is 17.7. The molecule has 0 spiro atoms. The van der Waals surface area contributed by atoms with Gasteiger partial charge in [-0.25, -0.2) is 4.57 Å². The lowest BCUT2D eigenvalue weighted by molar-refractivity contribution is -0.161. The molecule has 12 heteroatoms. The van der Waals surface area contributed by atoms with Gasteiger partial charge in [-0.15, -0.1) is 0 Å². The zero-order valence-corrected chi connectivity index (χ0v) is 42.0. The fraction of sp³-hybridized carbons (Fsp3) is 0.648. The molecule has 376 valence electrons. The summed E-state index contributed by atoms with van der Waals surface area (Å²) in [4.78, 5) is 48.1. The number of carbonyl (C=O) groups excluding carboxylic acids is 3. The Bertz CT molecular complexity index is 1480. The molecule has 2 N–H and O–H groups in total. The summed E-state index contributed by atoms with van der Waals surface area (Å²) in [5.41, 5.74) is 0. The SMILES string of the molecule is CC/C=C\C/C=C\C/C=C\C/C=C\CCCCCCC(=O)OC(COC(=O)CC/C=C\C/C=C\C/C=C\C/C=C\CC)COP(=O)(O)OCC(CO)OC(=O)CCCCCCCCCCC. The molecule has 0 rings (SSSR count). The summed E-state index contributed by atoms with van der Waals surface area (Å²) < 4.78 is 39.1. The highest BCUT2D eigenvalue weighted by atomic mass is 31.2. The standard InChI is InChI=1S/C54H89O11P/c1-4-7-10-13-16-19-21-23-24-25-26-28-30-33-36-39-42-45-54(58)65-51(47-61-52(56)43-40-37-34-32-29-27-22-20-17-14-11-8-5-2)49-63-66(59,60)62-48-50(46-55)64-53(57)44-41-38-35-31-18-15-12-9-6-3/h7-8,10-11,16-17,19-20,23-24,26-29,34,37,50-51,55H,4-6,9,12-15,18,21-22,25,30-33,35-36,38-49H2,1-3H3,(H,59,60)/b10-7-,11-8-,19-16-,20-17-,24-23-,28-26-,29-27-,37-34-. The maximum Gasteiger partial charge on any atom is 0.472 e. The zero-order valence-electron chi connectivity index (χ0n) is 41.1. The van der Waals surface area contributed by atoms with Crippen molar-refractivity contribution in [3.05, 3.63) is 97.2 Å². The van der Waals surface area contributed by atoms with Gasteiger partial charge in [0.15, 0.2) is 6.10 Å². The van der Waals surface area contributed by atoms with E-state index in [0.717, 1.165) is 96.3 Å². The molecule has 0 aliphatic heterocycles. The second-order valence-electron chi connectivity index (χ2n) is 16.2. The van der Waals surface area contributed by atoms with Crippen LogP contribution in [0.2, 0.25) is 0 Å². The molecular weight excluding hydrogens is 856 g/mol. The molecule has 0 aromatic heterocycles.